The molecule has 0 aromatic rings. The van der Waals surface area contributed by atoms with E-state index >= 15 is 0 Å². The van der Waals surface area contributed by atoms with Crippen molar-refractivity contribution in [2.75, 3.05) is 43.7 Å². The Morgan fingerprint density at radius 3 is 2.05 bits per heavy atom. The fourth-order valence-electron chi connectivity index (χ4n) is 2.05. The molecule has 0 aromatic heterocycles. The standard InChI is InChI=1S/C10H22N2O4S3/c1-17-10(9-11)3-5-12(6-4-10)19(15,16)8-7-18(2,13)14/h3-9,11H2,1-2H3. The van der Waals surface area contributed by atoms with E-state index in [-0.39, 0.29) is 16.3 Å². The molecule has 114 valence electrons. The fourth-order valence-corrected chi connectivity index (χ4v) is 5.86. The molecule has 19 heavy (non-hydrogen) atoms. The maximum absolute atomic E-state index is 12.0. The topological polar surface area (TPSA) is 97.5 Å². The van der Waals surface area contributed by atoms with Gasteiger partial charge in [-0.2, -0.15) is 11.8 Å². The number of sulfonamides is 1. The van der Waals surface area contributed by atoms with Crippen LogP contribution in [-0.4, -0.2) is 69.5 Å². The first-order valence-corrected chi connectivity index (χ1v) is 10.9. The highest BCUT2D eigenvalue weighted by Crippen LogP contribution is 2.34. The van der Waals surface area contributed by atoms with Gasteiger partial charge in [-0.1, -0.05) is 0 Å². The number of hydrogen-bond acceptors (Lipinski definition) is 6. The van der Waals surface area contributed by atoms with Gasteiger partial charge in [-0.3, -0.25) is 0 Å². The molecule has 1 rings (SSSR count). The quantitative estimate of drug-likeness (QED) is 0.706. The van der Waals surface area contributed by atoms with Crippen molar-refractivity contribution >= 4 is 31.6 Å². The highest BCUT2D eigenvalue weighted by atomic mass is 32.2. The van der Waals surface area contributed by atoms with Crippen LogP contribution in [0.4, 0.5) is 0 Å². The lowest BCUT2D eigenvalue weighted by atomic mass is 9.97. The van der Waals surface area contributed by atoms with E-state index in [4.69, 9.17) is 5.73 Å². The summed E-state index contributed by atoms with van der Waals surface area (Å²) in [7, 11) is -6.74. The van der Waals surface area contributed by atoms with Crippen LogP contribution in [0.3, 0.4) is 0 Å². The van der Waals surface area contributed by atoms with Gasteiger partial charge in [-0.15, -0.1) is 0 Å². The number of rotatable bonds is 6. The molecule has 0 unspecified atom stereocenters. The third-order valence-corrected chi connectivity index (χ3v) is 8.06. The largest absolute Gasteiger partial charge is 0.329 e. The molecular formula is C10H22N2O4S3. The smallest absolute Gasteiger partial charge is 0.215 e. The molecule has 0 spiro atoms. The monoisotopic (exact) mass is 330 g/mol. The van der Waals surface area contributed by atoms with E-state index in [0.717, 1.165) is 6.26 Å². The highest BCUT2D eigenvalue weighted by Gasteiger charge is 2.36. The van der Waals surface area contributed by atoms with Crippen LogP contribution in [0, 0.1) is 0 Å². The summed E-state index contributed by atoms with van der Waals surface area (Å²) in [5, 5.41) is 0. The Kier molecular flexibility index (Phi) is 5.71. The first kappa shape index (κ1) is 17.2. The predicted molar refractivity (Wildman–Crippen MR) is 79.6 cm³/mol. The lowest BCUT2D eigenvalue weighted by Crippen LogP contribution is -2.49. The molecule has 0 aliphatic carbocycles. The number of piperidine rings is 1. The summed E-state index contributed by atoms with van der Waals surface area (Å²) < 4.78 is 47.5. The molecule has 0 amide bonds. The molecule has 1 aliphatic rings. The summed E-state index contributed by atoms with van der Waals surface area (Å²) in [4.78, 5) is 0. The summed E-state index contributed by atoms with van der Waals surface area (Å²) in [5.41, 5.74) is 5.75. The molecule has 1 heterocycles. The minimum absolute atomic E-state index is 0.0388. The molecule has 0 saturated carbocycles. The minimum atomic E-state index is -3.48. The molecule has 0 aromatic carbocycles. The molecular weight excluding hydrogens is 308 g/mol. The maximum atomic E-state index is 12.0. The molecule has 2 N–H and O–H groups in total. The van der Waals surface area contributed by atoms with Crippen LogP contribution >= 0.6 is 11.8 Å². The first-order valence-electron chi connectivity index (χ1n) is 6.05. The zero-order chi connectivity index (χ0) is 14.7. The van der Waals surface area contributed by atoms with Crippen molar-refractivity contribution in [1.82, 2.24) is 4.31 Å². The molecule has 9 heteroatoms. The fraction of sp³-hybridized carbons (Fsp3) is 1.00. The van der Waals surface area contributed by atoms with Crippen LogP contribution < -0.4 is 5.73 Å². The normalized spacial score (nSPS) is 21.4. The summed E-state index contributed by atoms with van der Waals surface area (Å²) in [6, 6.07) is 0. The summed E-state index contributed by atoms with van der Waals surface area (Å²) in [6.07, 6.45) is 4.46. The first-order chi connectivity index (χ1) is 8.64. The van der Waals surface area contributed by atoms with E-state index < -0.39 is 19.9 Å². The van der Waals surface area contributed by atoms with Crippen LogP contribution in [0.2, 0.25) is 0 Å². The molecule has 1 saturated heterocycles. The Balaban J connectivity index is 2.64. The van der Waals surface area contributed by atoms with Gasteiger partial charge in [0.2, 0.25) is 10.0 Å². The van der Waals surface area contributed by atoms with Gasteiger partial charge in [0.15, 0.2) is 0 Å². The van der Waals surface area contributed by atoms with Gasteiger partial charge in [-0.05, 0) is 19.1 Å². The highest BCUT2D eigenvalue weighted by molar-refractivity contribution is 8.00. The summed E-state index contributed by atoms with van der Waals surface area (Å²) in [5.74, 6) is -0.656. The third kappa shape index (κ3) is 4.89. The Hall–Kier alpha value is 0.170. The molecule has 1 aliphatic heterocycles. The maximum Gasteiger partial charge on any atom is 0.215 e. The molecule has 0 radical (unpaired) electrons. The number of hydrogen-bond donors (Lipinski definition) is 1. The number of sulfone groups is 1. The zero-order valence-electron chi connectivity index (χ0n) is 11.3. The number of nitrogens with two attached hydrogens (primary N) is 1. The molecule has 6 nitrogen and oxygen atoms in total. The number of nitrogens with zero attached hydrogens (tertiary/aromatic N) is 1. The van der Waals surface area contributed by atoms with Crippen LogP contribution in [0.15, 0.2) is 0 Å². The minimum Gasteiger partial charge on any atom is -0.329 e. The van der Waals surface area contributed by atoms with Gasteiger partial charge in [-0.25, -0.2) is 21.1 Å². The second kappa shape index (κ2) is 6.30. The van der Waals surface area contributed by atoms with Crippen molar-refractivity contribution in [3.8, 4) is 0 Å². The summed E-state index contributed by atoms with van der Waals surface area (Å²) >= 11 is 1.68. The van der Waals surface area contributed by atoms with Crippen molar-refractivity contribution < 1.29 is 16.8 Å². The van der Waals surface area contributed by atoms with E-state index in [1.165, 1.54) is 4.31 Å². The Labute approximate surface area is 120 Å². The van der Waals surface area contributed by atoms with Crippen LogP contribution in [0.5, 0.6) is 0 Å². The summed E-state index contributed by atoms with van der Waals surface area (Å²) in [6.45, 7) is 1.37. The Morgan fingerprint density at radius 2 is 1.68 bits per heavy atom. The third-order valence-electron chi connectivity index (χ3n) is 3.54. The zero-order valence-corrected chi connectivity index (χ0v) is 13.8. The van der Waals surface area contributed by atoms with E-state index in [9.17, 15) is 16.8 Å². The second-order valence-electron chi connectivity index (χ2n) is 4.94. The average molecular weight is 330 g/mol. The van der Waals surface area contributed by atoms with Crippen molar-refractivity contribution in [3.63, 3.8) is 0 Å². The van der Waals surface area contributed by atoms with Gasteiger partial charge < -0.3 is 5.73 Å². The number of thioether (sulfide) groups is 1. The van der Waals surface area contributed by atoms with E-state index in [2.05, 4.69) is 0 Å². The van der Waals surface area contributed by atoms with E-state index in [1.807, 2.05) is 6.26 Å². The van der Waals surface area contributed by atoms with Crippen molar-refractivity contribution in [2.45, 2.75) is 17.6 Å². The van der Waals surface area contributed by atoms with Crippen molar-refractivity contribution in [3.05, 3.63) is 0 Å². The molecule has 1 fully saturated rings. The van der Waals surface area contributed by atoms with Gasteiger partial charge in [0.05, 0.1) is 11.5 Å². The van der Waals surface area contributed by atoms with Gasteiger partial charge in [0, 0.05) is 30.6 Å². The lowest BCUT2D eigenvalue weighted by Gasteiger charge is -2.39. The van der Waals surface area contributed by atoms with Gasteiger partial charge in [0.1, 0.15) is 9.84 Å². The van der Waals surface area contributed by atoms with Crippen molar-refractivity contribution in [2.24, 2.45) is 5.73 Å². The van der Waals surface area contributed by atoms with Crippen LogP contribution in [0.25, 0.3) is 0 Å². The average Bonchev–Trinajstić information content (AvgIpc) is 2.36. The van der Waals surface area contributed by atoms with E-state index in [0.29, 0.717) is 32.5 Å². The molecule has 0 atom stereocenters. The SMILES string of the molecule is CSC1(CN)CCN(S(=O)(=O)CCS(C)(=O)=O)CC1. The van der Waals surface area contributed by atoms with Gasteiger partial charge >= 0.3 is 0 Å². The van der Waals surface area contributed by atoms with E-state index in [1.54, 1.807) is 11.8 Å². The molecule has 0 bridgehead atoms. The van der Waals surface area contributed by atoms with Crippen LogP contribution in [-0.2, 0) is 19.9 Å². The lowest BCUT2D eigenvalue weighted by molar-refractivity contribution is 0.302. The second-order valence-corrected chi connectivity index (χ2v) is 10.6. The Bertz CT molecular complexity index is 487. The Morgan fingerprint density at radius 1 is 1.16 bits per heavy atom. The van der Waals surface area contributed by atoms with Gasteiger partial charge in [0.25, 0.3) is 0 Å². The van der Waals surface area contributed by atoms with Crippen molar-refractivity contribution in [1.29, 1.82) is 0 Å². The predicted octanol–water partition coefficient (Wildman–Crippen LogP) is -0.483. The van der Waals surface area contributed by atoms with Crippen LogP contribution in [0.1, 0.15) is 12.8 Å².